The van der Waals surface area contributed by atoms with Crippen molar-refractivity contribution in [2.75, 3.05) is 31.6 Å². The minimum atomic E-state index is -4.61. The van der Waals surface area contributed by atoms with E-state index in [1.165, 1.54) is 6.07 Å². The maximum absolute atomic E-state index is 13.4. The van der Waals surface area contributed by atoms with Gasteiger partial charge in [-0.25, -0.2) is 0 Å². The Labute approximate surface area is 208 Å². The van der Waals surface area contributed by atoms with Crippen LogP contribution in [0.3, 0.4) is 0 Å². The third-order valence-corrected chi connectivity index (χ3v) is 7.60. The summed E-state index contributed by atoms with van der Waals surface area (Å²) in [6, 6.07) is 12.5. The summed E-state index contributed by atoms with van der Waals surface area (Å²) >= 11 is 0. The number of likely N-dealkylation sites (N-methyl/N-ethyl adjacent to an activating group) is 1. The Kier molecular flexibility index (Phi) is 6.98. The van der Waals surface area contributed by atoms with Gasteiger partial charge in [0.25, 0.3) is 0 Å². The van der Waals surface area contributed by atoms with Gasteiger partial charge in [-0.3, -0.25) is 9.59 Å². The first-order chi connectivity index (χ1) is 17.1. The minimum Gasteiger partial charge on any atom is -0.371 e. The molecule has 2 saturated heterocycles. The van der Waals surface area contributed by atoms with Crippen molar-refractivity contribution in [1.29, 1.82) is 5.26 Å². The standard InChI is InChI=1S/C27H29F3N4O2/c1-18-5-3-4-6-19(18)13-24(35)34-17-26(15-23(34)25(36)32-2)9-11-33(12-10-26)21-8-7-20(16-31)22(14-21)27(28,29)30/h3-8,14,23H,9-13,15,17H2,1-2H3,(H,32,36). The Morgan fingerprint density at radius 1 is 1.17 bits per heavy atom. The second-order valence-electron chi connectivity index (χ2n) is 9.79. The average molecular weight is 499 g/mol. The summed E-state index contributed by atoms with van der Waals surface area (Å²) in [4.78, 5) is 29.6. The molecule has 0 saturated carbocycles. The monoisotopic (exact) mass is 498 g/mol. The lowest BCUT2D eigenvalue weighted by Gasteiger charge is -2.40. The van der Waals surface area contributed by atoms with Gasteiger partial charge in [0.05, 0.1) is 23.6 Å². The quantitative estimate of drug-likeness (QED) is 0.690. The number of rotatable bonds is 4. The Morgan fingerprint density at radius 3 is 2.47 bits per heavy atom. The van der Waals surface area contributed by atoms with E-state index in [1.54, 1.807) is 24.1 Å². The van der Waals surface area contributed by atoms with Crippen molar-refractivity contribution in [2.24, 2.45) is 5.41 Å². The van der Waals surface area contributed by atoms with Crippen molar-refractivity contribution >= 4 is 17.5 Å². The molecule has 1 unspecified atom stereocenters. The minimum absolute atomic E-state index is 0.0980. The molecule has 2 amide bonds. The maximum Gasteiger partial charge on any atom is 0.417 e. The number of hydrogen-bond acceptors (Lipinski definition) is 4. The van der Waals surface area contributed by atoms with Crippen molar-refractivity contribution in [3.05, 3.63) is 64.7 Å². The summed E-state index contributed by atoms with van der Waals surface area (Å²) < 4.78 is 40.3. The molecule has 6 nitrogen and oxygen atoms in total. The Balaban J connectivity index is 1.50. The summed E-state index contributed by atoms with van der Waals surface area (Å²) in [6.45, 7) is 3.41. The molecule has 1 spiro atoms. The van der Waals surface area contributed by atoms with Crippen LogP contribution >= 0.6 is 0 Å². The molecule has 2 aromatic carbocycles. The lowest BCUT2D eigenvalue weighted by Crippen LogP contribution is -2.45. The number of aryl methyl sites for hydroxylation is 1. The lowest BCUT2D eigenvalue weighted by atomic mass is 9.76. The predicted octanol–water partition coefficient (Wildman–Crippen LogP) is 4.06. The Bertz CT molecular complexity index is 1200. The lowest BCUT2D eigenvalue weighted by molar-refractivity contribution is -0.138. The molecule has 2 aromatic rings. The number of amides is 2. The number of alkyl halides is 3. The van der Waals surface area contributed by atoms with E-state index in [-0.39, 0.29) is 23.7 Å². The zero-order chi connectivity index (χ0) is 26.1. The van der Waals surface area contributed by atoms with Gasteiger partial charge in [-0.05, 0) is 60.9 Å². The van der Waals surface area contributed by atoms with Crippen LogP contribution < -0.4 is 10.2 Å². The van der Waals surface area contributed by atoms with Crippen LogP contribution in [0.15, 0.2) is 42.5 Å². The first kappa shape index (κ1) is 25.5. The van der Waals surface area contributed by atoms with E-state index in [0.717, 1.165) is 17.2 Å². The molecular weight excluding hydrogens is 469 g/mol. The number of nitriles is 1. The zero-order valence-corrected chi connectivity index (χ0v) is 20.4. The number of hydrogen-bond donors (Lipinski definition) is 1. The number of nitrogens with zero attached hydrogens (tertiary/aromatic N) is 3. The van der Waals surface area contributed by atoms with Crippen LogP contribution in [0.1, 0.15) is 41.5 Å². The molecule has 0 aliphatic carbocycles. The van der Waals surface area contributed by atoms with Gasteiger partial charge in [0.15, 0.2) is 0 Å². The fourth-order valence-electron chi connectivity index (χ4n) is 5.45. The Hall–Kier alpha value is -3.54. The number of benzene rings is 2. The number of likely N-dealkylation sites (tertiary alicyclic amines) is 1. The summed E-state index contributed by atoms with van der Waals surface area (Å²) in [5.41, 5.74) is 0.766. The largest absolute Gasteiger partial charge is 0.417 e. The number of anilines is 1. The van der Waals surface area contributed by atoms with Crippen LogP contribution in [-0.2, 0) is 22.2 Å². The van der Waals surface area contributed by atoms with E-state index in [2.05, 4.69) is 5.32 Å². The highest BCUT2D eigenvalue weighted by Crippen LogP contribution is 2.45. The molecule has 0 radical (unpaired) electrons. The first-order valence-corrected chi connectivity index (χ1v) is 12.0. The molecule has 4 rings (SSSR count). The molecule has 2 aliphatic rings. The molecule has 0 aromatic heterocycles. The van der Waals surface area contributed by atoms with Crippen molar-refractivity contribution in [1.82, 2.24) is 10.2 Å². The van der Waals surface area contributed by atoms with E-state index in [4.69, 9.17) is 5.26 Å². The molecule has 2 aliphatic heterocycles. The number of nitrogens with one attached hydrogen (secondary N) is 1. The van der Waals surface area contributed by atoms with Gasteiger partial charge in [0.2, 0.25) is 11.8 Å². The first-order valence-electron chi connectivity index (χ1n) is 12.0. The van der Waals surface area contributed by atoms with Crippen molar-refractivity contribution < 1.29 is 22.8 Å². The molecule has 1 N–H and O–H groups in total. The van der Waals surface area contributed by atoms with Crippen molar-refractivity contribution in [3.8, 4) is 6.07 Å². The van der Waals surface area contributed by atoms with Crippen LogP contribution in [0.25, 0.3) is 0 Å². The summed E-state index contributed by atoms with van der Waals surface area (Å²) in [6.07, 6.45) is -2.57. The van der Waals surface area contributed by atoms with E-state index in [0.29, 0.717) is 44.6 Å². The third kappa shape index (κ3) is 5.03. The van der Waals surface area contributed by atoms with Crippen molar-refractivity contribution in [3.63, 3.8) is 0 Å². The normalized spacial score (nSPS) is 19.3. The van der Waals surface area contributed by atoms with Crippen molar-refractivity contribution in [2.45, 2.75) is 44.8 Å². The van der Waals surface area contributed by atoms with Gasteiger partial charge < -0.3 is 15.1 Å². The fraction of sp³-hybridized carbons (Fsp3) is 0.444. The van der Waals surface area contributed by atoms with Crippen LogP contribution in [0, 0.1) is 23.7 Å². The van der Waals surface area contributed by atoms with E-state index in [9.17, 15) is 22.8 Å². The number of piperidine rings is 1. The molecule has 2 heterocycles. The molecule has 0 bridgehead atoms. The van der Waals surface area contributed by atoms with Crippen LogP contribution in [0.5, 0.6) is 0 Å². The van der Waals surface area contributed by atoms with Gasteiger partial charge in [0.1, 0.15) is 6.04 Å². The third-order valence-electron chi connectivity index (χ3n) is 7.60. The zero-order valence-electron chi connectivity index (χ0n) is 20.4. The van der Waals surface area contributed by atoms with Gasteiger partial charge in [-0.15, -0.1) is 0 Å². The highest BCUT2D eigenvalue weighted by molar-refractivity contribution is 5.89. The smallest absolute Gasteiger partial charge is 0.371 e. The second kappa shape index (κ2) is 9.84. The molecule has 9 heteroatoms. The van der Waals surface area contributed by atoms with Crippen LogP contribution in [0.4, 0.5) is 18.9 Å². The van der Waals surface area contributed by atoms with Gasteiger partial charge in [0, 0.05) is 32.4 Å². The fourth-order valence-corrected chi connectivity index (χ4v) is 5.45. The number of carbonyl (C=O) groups excluding carboxylic acids is 2. The number of carbonyl (C=O) groups is 2. The van der Waals surface area contributed by atoms with Gasteiger partial charge in [-0.2, -0.15) is 18.4 Å². The maximum atomic E-state index is 13.4. The SMILES string of the molecule is CNC(=O)C1CC2(CCN(c3ccc(C#N)c(C(F)(F)F)c3)CC2)CN1C(=O)Cc1ccccc1C. The highest BCUT2D eigenvalue weighted by Gasteiger charge is 2.49. The van der Waals surface area contributed by atoms with Crippen LogP contribution in [0.2, 0.25) is 0 Å². The summed E-state index contributed by atoms with van der Waals surface area (Å²) in [5.74, 6) is -0.298. The topological polar surface area (TPSA) is 76.4 Å². The molecule has 190 valence electrons. The molecule has 1 atom stereocenters. The van der Waals surface area contributed by atoms with E-state index in [1.807, 2.05) is 36.1 Å². The predicted molar refractivity (Wildman–Crippen MR) is 129 cm³/mol. The highest BCUT2D eigenvalue weighted by atomic mass is 19.4. The van der Waals surface area contributed by atoms with Crippen LogP contribution in [-0.4, -0.2) is 49.4 Å². The summed E-state index contributed by atoms with van der Waals surface area (Å²) in [7, 11) is 1.56. The number of halogens is 3. The average Bonchev–Trinajstić information content (AvgIpc) is 3.23. The van der Waals surface area contributed by atoms with E-state index >= 15 is 0 Å². The van der Waals surface area contributed by atoms with E-state index < -0.39 is 23.3 Å². The van der Waals surface area contributed by atoms with Gasteiger partial charge in [-0.1, -0.05) is 24.3 Å². The summed E-state index contributed by atoms with van der Waals surface area (Å²) in [5, 5.41) is 11.7. The van der Waals surface area contributed by atoms with Gasteiger partial charge >= 0.3 is 6.18 Å². The second-order valence-corrected chi connectivity index (χ2v) is 9.79. The molecular formula is C27H29F3N4O2. The molecule has 2 fully saturated rings. The Morgan fingerprint density at radius 2 is 1.86 bits per heavy atom. The molecule has 36 heavy (non-hydrogen) atoms.